The number of carbonyl (C=O) groups is 1. The maximum atomic E-state index is 12.6. The van der Waals surface area contributed by atoms with Crippen molar-refractivity contribution in [3.63, 3.8) is 0 Å². The first kappa shape index (κ1) is 22.0. The highest BCUT2D eigenvalue weighted by atomic mass is 35.5. The standard InChI is InChI=1S/C28H38ClN3O/c1-28(2)16-26(33)32-12-8-20-13-18(14-24(28)27(20)32)5-9-31-10-6-19(7-11-31)23-17-30-25-15-21(29)3-4-22(23)25/h13-14,17,19,21-22,25,30H,3-12,15-16H2,1-2H3. The molecule has 1 N–H and O–H groups in total. The maximum absolute atomic E-state index is 12.6. The van der Waals surface area contributed by atoms with E-state index in [0.29, 0.717) is 23.7 Å². The molecule has 3 atom stereocenters. The molecule has 178 valence electrons. The summed E-state index contributed by atoms with van der Waals surface area (Å²) in [6.45, 7) is 8.91. The molecule has 0 radical (unpaired) electrons. The normalized spacial score (nSPS) is 31.2. The number of alkyl halides is 1. The molecule has 1 amide bonds. The van der Waals surface area contributed by atoms with Crippen LogP contribution < -0.4 is 10.2 Å². The van der Waals surface area contributed by atoms with Crippen molar-refractivity contribution in [3.05, 3.63) is 40.6 Å². The van der Waals surface area contributed by atoms with E-state index in [1.165, 1.54) is 61.2 Å². The number of nitrogens with zero attached hydrogens (tertiary/aromatic N) is 2. The van der Waals surface area contributed by atoms with Crippen LogP contribution >= 0.6 is 11.6 Å². The van der Waals surface area contributed by atoms with Crippen LogP contribution in [0.5, 0.6) is 0 Å². The number of halogens is 1. The molecule has 0 bridgehead atoms. The zero-order valence-electron chi connectivity index (χ0n) is 20.2. The van der Waals surface area contributed by atoms with Crippen LogP contribution in [-0.4, -0.2) is 48.4 Å². The Morgan fingerprint density at radius 2 is 1.94 bits per heavy atom. The van der Waals surface area contributed by atoms with Gasteiger partial charge in [0.15, 0.2) is 0 Å². The van der Waals surface area contributed by atoms with Gasteiger partial charge in [0, 0.05) is 42.3 Å². The maximum Gasteiger partial charge on any atom is 0.227 e. The number of hydrogen-bond acceptors (Lipinski definition) is 3. The van der Waals surface area contributed by atoms with Gasteiger partial charge in [-0.2, -0.15) is 0 Å². The number of nitrogens with one attached hydrogen (secondary N) is 1. The Bertz CT molecular complexity index is 978. The third-order valence-corrected chi connectivity index (χ3v) is 9.60. The molecule has 4 aliphatic heterocycles. The van der Waals surface area contributed by atoms with Gasteiger partial charge in [0.05, 0.1) is 5.69 Å². The van der Waals surface area contributed by atoms with E-state index < -0.39 is 0 Å². The topological polar surface area (TPSA) is 35.6 Å². The zero-order valence-corrected chi connectivity index (χ0v) is 21.0. The van der Waals surface area contributed by atoms with Crippen molar-refractivity contribution in [1.82, 2.24) is 10.2 Å². The van der Waals surface area contributed by atoms with E-state index in [-0.39, 0.29) is 5.41 Å². The summed E-state index contributed by atoms with van der Waals surface area (Å²) in [6.07, 6.45) is 11.3. The van der Waals surface area contributed by atoms with Crippen molar-refractivity contribution < 1.29 is 4.79 Å². The lowest BCUT2D eigenvalue weighted by atomic mass is 9.75. The predicted octanol–water partition coefficient (Wildman–Crippen LogP) is 4.77. The van der Waals surface area contributed by atoms with Crippen LogP contribution in [0.15, 0.2) is 23.9 Å². The van der Waals surface area contributed by atoms with Gasteiger partial charge in [-0.05, 0) is 92.4 Å². The van der Waals surface area contributed by atoms with Crippen LogP contribution in [0.25, 0.3) is 0 Å². The Kier molecular flexibility index (Phi) is 5.53. The Balaban J connectivity index is 1.07. The fourth-order valence-electron chi connectivity index (χ4n) is 7.30. The van der Waals surface area contributed by atoms with E-state index in [9.17, 15) is 4.79 Å². The summed E-state index contributed by atoms with van der Waals surface area (Å²) >= 11 is 6.42. The van der Waals surface area contributed by atoms with Crippen LogP contribution in [0, 0.1) is 11.8 Å². The molecular weight excluding hydrogens is 430 g/mol. The van der Waals surface area contributed by atoms with Crippen LogP contribution in [0.1, 0.15) is 69.1 Å². The highest BCUT2D eigenvalue weighted by Gasteiger charge is 2.41. The van der Waals surface area contributed by atoms with Crippen molar-refractivity contribution in [3.8, 4) is 0 Å². The monoisotopic (exact) mass is 467 g/mol. The minimum Gasteiger partial charge on any atom is -0.388 e. The summed E-state index contributed by atoms with van der Waals surface area (Å²) in [5, 5.41) is 4.02. The van der Waals surface area contributed by atoms with Gasteiger partial charge >= 0.3 is 0 Å². The number of rotatable bonds is 4. The highest BCUT2D eigenvalue weighted by molar-refractivity contribution is 6.20. The lowest BCUT2D eigenvalue weighted by Crippen LogP contribution is -2.40. The number of carbonyl (C=O) groups excluding carboxylic acids is 1. The minimum absolute atomic E-state index is 0.0557. The number of amides is 1. The highest BCUT2D eigenvalue weighted by Crippen LogP contribution is 2.46. The van der Waals surface area contributed by atoms with Gasteiger partial charge in [0.2, 0.25) is 5.91 Å². The smallest absolute Gasteiger partial charge is 0.227 e. The Morgan fingerprint density at radius 3 is 2.76 bits per heavy atom. The van der Waals surface area contributed by atoms with Gasteiger partial charge in [-0.25, -0.2) is 0 Å². The lowest BCUT2D eigenvalue weighted by molar-refractivity contribution is -0.120. The molecular formula is C28H38ClN3O. The Labute approximate surface area is 203 Å². The van der Waals surface area contributed by atoms with Crippen LogP contribution in [0.4, 0.5) is 5.69 Å². The molecule has 4 nitrogen and oxygen atoms in total. The average molecular weight is 468 g/mol. The molecule has 1 aromatic carbocycles. The van der Waals surface area contributed by atoms with Crippen molar-refractivity contribution in [2.24, 2.45) is 11.8 Å². The van der Waals surface area contributed by atoms with Gasteiger partial charge < -0.3 is 15.1 Å². The molecule has 1 saturated carbocycles. The summed E-state index contributed by atoms with van der Waals surface area (Å²) in [5.41, 5.74) is 7.12. The quantitative estimate of drug-likeness (QED) is 0.647. The summed E-state index contributed by atoms with van der Waals surface area (Å²) in [7, 11) is 0. The molecule has 1 saturated heterocycles. The SMILES string of the molecule is CC1(C)CC(=O)N2CCc3cc(CCN4CCC(C5=CNC6CC(Cl)CCC56)CC4)cc1c32. The molecule has 2 fully saturated rings. The molecule has 6 rings (SSSR count). The molecule has 4 heterocycles. The van der Waals surface area contributed by atoms with E-state index in [1.807, 2.05) is 4.90 Å². The van der Waals surface area contributed by atoms with Crippen LogP contribution in [0.3, 0.4) is 0 Å². The number of fused-ring (bicyclic) bond motifs is 1. The second-order valence-corrected chi connectivity index (χ2v) is 12.4. The van der Waals surface area contributed by atoms with Gasteiger partial charge in [0.25, 0.3) is 0 Å². The number of benzene rings is 1. The molecule has 5 heteroatoms. The van der Waals surface area contributed by atoms with E-state index >= 15 is 0 Å². The average Bonchev–Trinajstić information content (AvgIpc) is 3.40. The zero-order chi connectivity index (χ0) is 22.7. The van der Waals surface area contributed by atoms with Crippen molar-refractivity contribution in [1.29, 1.82) is 0 Å². The summed E-state index contributed by atoms with van der Waals surface area (Å²) in [6, 6.07) is 5.40. The third kappa shape index (κ3) is 3.91. The second-order valence-electron chi connectivity index (χ2n) is 11.8. The van der Waals surface area contributed by atoms with Crippen LogP contribution in [-0.2, 0) is 23.1 Å². The number of hydrogen-bond donors (Lipinski definition) is 1. The minimum atomic E-state index is -0.0557. The summed E-state index contributed by atoms with van der Waals surface area (Å²) in [5.74, 6) is 1.79. The van der Waals surface area contributed by atoms with Gasteiger partial charge in [-0.3, -0.25) is 4.79 Å². The number of anilines is 1. The molecule has 5 aliphatic rings. The fourth-order valence-corrected chi connectivity index (χ4v) is 7.62. The van der Waals surface area contributed by atoms with E-state index in [1.54, 1.807) is 5.57 Å². The van der Waals surface area contributed by atoms with Crippen LogP contribution in [0.2, 0.25) is 0 Å². The van der Waals surface area contributed by atoms with Crippen molar-refractivity contribution >= 4 is 23.2 Å². The fraction of sp³-hybridized carbons (Fsp3) is 0.679. The first-order valence-corrected chi connectivity index (χ1v) is 13.6. The lowest BCUT2D eigenvalue weighted by Gasteiger charge is -2.37. The molecule has 0 aromatic heterocycles. The van der Waals surface area contributed by atoms with Gasteiger partial charge in [-0.1, -0.05) is 26.0 Å². The molecule has 1 aliphatic carbocycles. The van der Waals surface area contributed by atoms with E-state index in [4.69, 9.17) is 11.6 Å². The molecule has 3 unspecified atom stereocenters. The first-order chi connectivity index (χ1) is 15.9. The Morgan fingerprint density at radius 1 is 1.12 bits per heavy atom. The molecule has 0 spiro atoms. The third-order valence-electron chi connectivity index (χ3n) is 9.20. The van der Waals surface area contributed by atoms with E-state index in [2.05, 4.69) is 42.4 Å². The molecule has 1 aromatic rings. The van der Waals surface area contributed by atoms with Gasteiger partial charge in [0.1, 0.15) is 0 Å². The van der Waals surface area contributed by atoms with Crippen molar-refractivity contribution in [2.75, 3.05) is 31.1 Å². The number of piperidine rings is 1. The predicted molar refractivity (Wildman–Crippen MR) is 135 cm³/mol. The first-order valence-electron chi connectivity index (χ1n) is 13.2. The molecule has 33 heavy (non-hydrogen) atoms. The van der Waals surface area contributed by atoms with Gasteiger partial charge in [-0.15, -0.1) is 11.6 Å². The van der Waals surface area contributed by atoms with Crippen molar-refractivity contribution in [2.45, 2.75) is 82.0 Å². The second kappa shape index (κ2) is 8.30. The largest absolute Gasteiger partial charge is 0.388 e. The summed E-state index contributed by atoms with van der Waals surface area (Å²) < 4.78 is 0. The summed E-state index contributed by atoms with van der Waals surface area (Å²) in [4.78, 5) is 17.3. The van der Waals surface area contributed by atoms with E-state index in [0.717, 1.165) is 44.2 Å². The number of likely N-dealkylation sites (tertiary alicyclic amines) is 1. The Hall–Kier alpha value is -1.52.